The second-order valence-corrected chi connectivity index (χ2v) is 4.86. The van der Waals surface area contributed by atoms with Crippen LogP contribution in [0.15, 0.2) is 43.0 Å². The third-order valence-electron chi connectivity index (χ3n) is 3.37. The minimum Gasteiger partial charge on any atom is -0.395 e. The Balaban J connectivity index is 1.96. The fraction of sp³-hybridized carbons (Fsp3) is 0.200. The van der Waals surface area contributed by atoms with E-state index < -0.39 is 0 Å². The van der Waals surface area contributed by atoms with Crippen molar-refractivity contribution in [3.05, 3.63) is 48.5 Å². The first-order valence-electron chi connectivity index (χ1n) is 7.08. The first-order chi connectivity index (χ1) is 11.2. The minimum absolute atomic E-state index is 0.118. The van der Waals surface area contributed by atoms with Gasteiger partial charge < -0.3 is 15.3 Å². The first kappa shape index (κ1) is 14.9. The average Bonchev–Trinajstić information content (AvgIpc) is 3.03. The highest BCUT2D eigenvalue weighted by Crippen LogP contribution is 2.21. The summed E-state index contributed by atoms with van der Waals surface area (Å²) in [6.07, 6.45) is 6.64. The number of nitrogens with one attached hydrogen (secondary N) is 1. The molecule has 23 heavy (non-hydrogen) atoms. The SMILES string of the molecule is CN(c1cccnc1)c1ccn2ncc(C(=O)NCCO)c2n1. The number of aliphatic hydroxyl groups excluding tert-OH is 1. The number of carbonyl (C=O) groups is 1. The summed E-state index contributed by atoms with van der Waals surface area (Å²) < 4.78 is 1.54. The molecule has 3 aromatic heterocycles. The summed E-state index contributed by atoms with van der Waals surface area (Å²) >= 11 is 0. The summed E-state index contributed by atoms with van der Waals surface area (Å²) in [5.74, 6) is 0.352. The molecule has 2 N–H and O–H groups in total. The lowest BCUT2D eigenvalue weighted by Gasteiger charge is -2.17. The van der Waals surface area contributed by atoms with Gasteiger partial charge in [0.05, 0.1) is 24.7 Å². The van der Waals surface area contributed by atoms with Gasteiger partial charge >= 0.3 is 0 Å². The molecule has 0 radical (unpaired) electrons. The molecular formula is C15H16N6O2. The van der Waals surface area contributed by atoms with E-state index in [-0.39, 0.29) is 19.1 Å². The van der Waals surface area contributed by atoms with Crippen LogP contribution in [0, 0.1) is 0 Å². The molecule has 0 aliphatic heterocycles. The van der Waals surface area contributed by atoms with Crippen molar-refractivity contribution in [3.8, 4) is 0 Å². The van der Waals surface area contributed by atoms with Crippen molar-refractivity contribution >= 4 is 23.1 Å². The molecule has 0 aromatic carbocycles. The van der Waals surface area contributed by atoms with Gasteiger partial charge in [0.25, 0.3) is 5.91 Å². The van der Waals surface area contributed by atoms with Gasteiger partial charge in [-0.05, 0) is 18.2 Å². The molecule has 0 fully saturated rings. The Hall–Kier alpha value is -3.00. The number of hydrogen-bond donors (Lipinski definition) is 2. The largest absolute Gasteiger partial charge is 0.395 e. The predicted molar refractivity (Wildman–Crippen MR) is 84.7 cm³/mol. The molecule has 3 heterocycles. The maximum atomic E-state index is 12.1. The molecule has 0 bridgehead atoms. The monoisotopic (exact) mass is 312 g/mol. The fourth-order valence-electron chi connectivity index (χ4n) is 2.16. The summed E-state index contributed by atoms with van der Waals surface area (Å²) in [6, 6.07) is 5.57. The highest BCUT2D eigenvalue weighted by molar-refractivity contribution is 5.99. The Morgan fingerprint density at radius 2 is 2.26 bits per heavy atom. The van der Waals surface area contributed by atoms with Gasteiger partial charge in [-0.25, -0.2) is 9.50 Å². The number of carbonyl (C=O) groups excluding carboxylic acids is 1. The quantitative estimate of drug-likeness (QED) is 0.717. The standard InChI is InChI=1S/C15H16N6O2/c1-20(11-3-2-5-16-9-11)13-4-7-21-14(19-13)12(10-18-21)15(23)17-6-8-22/h2-5,7,9-10,22H,6,8H2,1H3,(H,17,23). The molecule has 8 nitrogen and oxygen atoms in total. The molecule has 0 spiro atoms. The Morgan fingerprint density at radius 1 is 1.39 bits per heavy atom. The van der Waals surface area contributed by atoms with E-state index in [0.29, 0.717) is 17.0 Å². The predicted octanol–water partition coefficient (Wildman–Crippen LogP) is 0.614. The third kappa shape index (κ3) is 2.97. The van der Waals surface area contributed by atoms with Gasteiger partial charge in [-0.15, -0.1) is 0 Å². The van der Waals surface area contributed by atoms with Crippen LogP contribution in [-0.4, -0.2) is 50.8 Å². The van der Waals surface area contributed by atoms with Crippen LogP contribution in [0.5, 0.6) is 0 Å². The number of rotatable bonds is 5. The van der Waals surface area contributed by atoms with E-state index in [4.69, 9.17) is 5.11 Å². The van der Waals surface area contributed by atoms with Gasteiger partial charge in [0.2, 0.25) is 0 Å². The summed E-state index contributed by atoms with van der Waals surface area (Å²) in [6.45, 7) is 0.0683. The van der Waals surface area contributed by atoms with Crippen molar-refractivity contribution in [3.63, 3.8) is 0 Å². The maximum absolute atomic E-state index is 12.1. The van der Waals surface area contributed by atoms with Gasteiger partial charge in [-0.2, -0.15) is 5.10 Å². The molecular weight excluding hydrogens is 296 g/mol. The summed E-state index contributed by atoms with van der Waals surface area (Å²) in [7, 11) is 1.87. The van der Waals surface area contributed by atoms with Crippen LogP contribution in [-0.2, 0) is 0 Å². The molecule has 1 amide bonds. The zero-order valence-corrected chi connectivity index (χ0v) is 12.5. The van der Waals surface area contributed by atoms with Crippen LogP contribution in [0.4, 0.5) is 11.5 Å². The van der Waals surface area contributed by atoms with Crippen LogP contribution in [0.25, 0.3) is 5.65 Å². The van der Waals surface area contributed by atoms with E-state index >= 15 is 0 Å². The lowest BCUT2D eigenvalue weighted by molar-refractivity contribution is 0.0946. The molecule has 0 atom stereocenters. The van der Waals surface area contributed by atoms with Crippen molar-refractivity contribution in [2.24, 2.45) is 0 Å². The van der Waals surface area contributed by atoms with Crippen molar-refractivity contribution in [2.75, 3.05) is 25.1 Å². The lowest BCUT2D eigenvalue weighted by atomic mass is 10.3. The van der Waals surface area contributed by atoms with Gasteiger partial charge in [0, 0.05) is 26.0 Å². The summed E-state index contributed by atoms with van der Waals surface area (Å²) in [4.78, 5) is 22.6. The zero-order valence-electron chi connectivity index (χ0n) is 12.5. The molecule has 0 aliphatic carbocycles. The molecule has 3 rings (SSSR count). The van der Waals surface area contributed by atoms with Crippen LogP contribution in [0.1, 0.15) is 10.4 Å². The Bertz CT molecular complexity index is 817. The number of amides is 1. The van der Waals surface area contributed by atoms with Crippen molar-refractivity contribution in [1.82, 2.24) is 24.9 Å². The molecule has 0 unspecified atom stereocenters. The van der Waals surface area contributed by atoms with Gasteiger partial charge in [-0.3, -0.25) is 9.78 Å². The molecule has 118 valence electrons. The second-order valence-electron chi connectivity index (χ2n) is 4.86. The smallest absolute Gasteiger partial charge is 0.256 e. The van der Waals surface area contributed by atoms with Gasteiger partial charge in [0.15, 0.2) is 5.65 Å². The Labute approximate surface area is 132 Å². The Kier molecular flexibility index (Phi) is 4.15. The van der Waals surface area contributed by atoms with Crippen LogP contribution in [0.3, 0.4) is 0 Å². The molecule has 0 saturated heterocycles. The van der Waals surface area contributed by atoms with Crippen LogP contribution >= 0.6 is 0 Å². The highest BCUT2D eigenvalue weighted by Gasteiger charge is 2.15. The number of pyridine rings is 1. The minimum atomic E-state index is -0.317. The van der Waals surface area contributed by atoms with E-state index in [1.807, 2.05) is 30.1 Å². The zero-order chi connectivity index (χ0) is 16.2. The second kappa shape index (κ2) is 6.41. The Morgan fingerprint density at radius 3 is 3.00 bits per heavy atom. The van der Waals surface area contributed by atoms with Gasteiger partial charge in [0.1, 0.15) is 11.4 Å². The number of anilines is 2. The number of fused-ring (bicyclic) bond motifs is 1. The topological polar surface area (TPSA) is 95.7 Å². The highest BCUT2D eigenvalue weighted by atomic mass is 16.3. The third-order valence-corrected chi connectivity index (χ3v) is 3.37. The maximum Gasteiger partial charge on any atom is 0.256 e. The number of aliphatic hydroxyl groups is 1. The molecule has 0 saturated carbocycles. The average molecular weight is 312 g/mol. The van der Waals surface area contributed by atoms with E-state index in [0.717, 1.165) is 5.69 Å². The molecule has 0 aliphatic rings. The number of hydrogen-bond acceptors (Lipinski definition) is 6. The van der Waals surface area contributed by atoms with Crippen molar-refractivity contribution in [2.45, 2.75) is 0 Å². The first-order valence-corrected chi connectivity index (χ1v) is 7.08. The summed E-state index contributed by atoms with van der Waals surface area (Å²) in [5.41, 5.74) is 1.70. The normalized spacial score (nSPS) is 10.7. The van der Waals surface area contributed by atoms with E-state index in [1.165, 1.54) is 10.7 Å². The van der Waals surface area contributed by atoms with Crippen molar-refractivity contribution in [1.29, 1.82) is 0 Å². The van der Waals surface area contributed by atoms with E-state index in [9.17, 15) is 4.79 Å². The van der Waals surface area contributed by atoms with E-state index in [1.54, 1.807) is 18.6 Å². The van der Waals surface area contributed by atoms with Crippen molar-refractivity contribution < 1.29 is 9.90 Å². The van der Waals surface area contributed by atoms with Crippen LogP contribution < -0.4 is 10.2 Å². The van der Waals surface area contributed by atoms with Gasteiger partial charge in [-0.1, -0.05) is 0 Å². The fourth-order valence-corrected chi connectivity index (χ4v) is 2.16. The van der Waals surface area contributed by atoms with E-state index in [2.05, 4.69) is 20.4 Å². The molecule has 3 aromatic rings. The summed E-state index contributed by atoms with van der Waals surface area (Å²) in [5, 5.41) is 15.5. The lowest BCUT2D eigenvalue weighted by Crippen LogP contribution is -2.26. The number of nitrogens with zero attached hydrogens (tertiary/aromatic N) is 5. The molecule has 8 heteroatoms. The number of aromatic nitrogens is 4. The van der Waals surface area contributed by atoms with Crippen LogP contribution in [0.2, 0.25) is 0 Å².